The van der Waals surface area contributed by atoms with Crippen LogP contribution in [0.1, 0.15) is 36.7 Å². The molecule has 1 aliphatic carbocycles. The van der Waals surface area contributed by atoms with Gasteiger partial charge in [0.2, 0.25) is 0 Å². The third kappa shape index (κ3) is 5.72. The highest BCUT2D eigenvalue weighted by atomic mass is 32.2. The van der Waals surface area contributed by atoms with Gasteiger partial charge in [0.15, 0.2) is 11.5 Å². The van der Waals surface area contributed by atoms with Crippen LogP contribution >= 0.6 is 0 Å². The van der Waals surface area contributed by atoms with E-state index in [4.69, 9.17) is 23.9 Å². The highest BCUT2D eigenvalue weighted by Crippen LogP contribution is 2.29. The molecular formula is C22H28O6S. The molecule has 1 aliphatic rings. The van der Waals surface area contributed by atoms with E-state index in [-0.39, 0.29) is 16.2 Å². The quantitative estimate of drug-likeness (QED) is 0.567. The molecule has 0 aliphatic heterocycles. The summed E-state index contributed by atoms with van der Waals surface area (Å²) < 4.78 is 80.6. The summed E-state index contributed by atoms with van der Waals surface area (Å²) in [6, 6.07) is 11.9. The molecule has 158 valence electrons. The fourth-order valence-corrected chi connectivity index (χ4v) is 4.34. The molecule has 2 aromatic rings. The Kier molecular flexibility index (Phi) is 5.81. The Labute approximate surface area is 178 Å². The van der Waals surface area contributed by atoms with Gasteiger partial charge in [0.1, 0.15) is 6.10 Å². The van der Waals surface area contributed by atoms with E-state index in [0.29, 0.717) is 31.4 Å². The van der Waals surface area contributed by atoms with E-state index in [1.54, 1.807) is 18.2 Å². The van der Waals surface area contributed by atoms with Gasteiger partial charge in [-0.3, -0.25) is 4.18 Å². The van der Waals surface area contributed by atoms with Crippen molar-refractivity contribution < 1.29 is 32.3 Å². The van der Waals surface area contributed by atoms with Crippen molar-refractivity contribution in [3.05, 3.63) is 54.1 Å². The highest BCUT2D eigenvalue weighted by molar-refractivity contribution is 7.86. The summed E-state index contributed by atoms with van der Waals surface area (Å²) in [4.78, 5) is -0.00186. The number of aryl methyl sites for hydroxylation is 1. The van der Waals surface area contributed by atoms with Gasteiger partial charge < -0.3 is 14.2 Å². The summed E-state index contributed by atoms with van der Waals surface area (Å²) in [5, 5.41) is 0. The van der Waals surface area contributed by atoms with Crippen LogP contribution in [0.3, 0.4) is 0 Å². The molecule has 0 amide bonds. The molecule has 0 spiro atoms. The number of hydrogen-bond acceptors (Lipinski definition) is 6. The Hall–Kier alpha value is -2.09. The summed E-state index contributed by atoms with van der Waals surface area (Å²) in [7, 11) is -1.23. The van der Waals surface area contributed by atoms with Crippen LogP contribution in [-0.2, 0) is 25.4 Å². The minimum Gasteiger partial charge on any atom is -0.493 e. The molecule has 1 fully saturated rings. The van der Waals surface area contributed by atoms with Crippen molar-refractivity contribution in [2.75, 3.05) is 20.8 Å². The number of rotatable bonds is 9. The average Bonchev–Trinajstić information content (AvgIpc) is 2.80. The second kappa shape index (κ2) is 10.1. The summed E-state index contributed by atoms with van der Waals surface area (Å²) in [5.74, 6) is 0.632. The van der Waals surface area contributed by atoms with E-state index in [0.717, 1.165) is 0 Å². The molecule has 3 rings (SSSR count). The van der Waals surface area contributed by atoms with Crippen molar-refractivity contribution >= 4 is 10.1 Å². The van der Waals surface area contributed by atoms with Crippen molar-refractivity contribution in [2.45, 2.75) is 49.2 Å². The molecule has 7 heteroatoms. The zero-order valence-electron chi connectivity index (χ0n) is 20.5. The van der Waals surface area contributed by atoms with E-state index in [1.165, 1.54) is 44.6 Å². The molecule has 2 aromatic carbocycles. The third-order valence-electron chi connectivity index (χ3n) is 4.71. The van der Waals surface area contributed by atoms with Crippen LogP contribution in [0.2, 0.25) is 0 Å². The standard InChI is InChI=1S/C22H28O6S/c1-25-19-13-12-17(16-22(19)26-2)14-15-27-20-10-6-7-11-21(20)28-29(23,24)18-8-4-3-5-9-18/h3-5,8-9,12-13,16,20-21H,6-7,10-11,14-15H2,1-2H3/t20-,21+/m1/s1/i14D2,15D2. The maximum atomic E-state index is 12.7. The molecule has 0 bridgehead atoms. The lowest BCUT2D eigenvalue weighted by molar-refractivity contribution is -0.0440. The van der Waals surface area contributed by atoms with E-state index < -0.39 is 35.3 Å². The smallest absolute Gasteiger partial charge is 0.297 e. The lowest BCUT2D eigenvalue weighted by Crippen LogP contribution is -2.36. The Bertz CT molecular complexity index is 1050. The number of benzene rings is 2. The van der Waals surface area contributed by atoms with Crippen LogP contribution in [-0.4, -0.2) is 41.4 Å². The largest absolute Gasteiger partial charge is 0.493 e. The average molecular weight is 425 g/mol. The Morgan fingerprint density at radius 2 is 1.66 bits per heavy atom. The van der Waals surface area contributed by atoms with Gasteiger partial charge >= 0.3 is 0 Å². The summed E-state index contributed by atoms with van der Waals surface area (Å²) in [6.45, 7) is -2.78. The molecule has 2 atom stereocenters. The molecule has 0 unspecified atom stereocenters. The number of methoxy groups -OCH3 is 2. The second-order valence-electron chi connectivity index (χ2n) is 6.64. The molecule has 0 heterocycles. The molecule has 1 saturated carbocycles. The van der Waals surface area contributed by atoms with Gasteiger partial charge in [0, 0.05) is 2.74 Å². The first-order valence-electron chi connectivity index (χ1n) is 11.4. The van der Waals surface area contributed by atoms with Crippen molar-refractivity contribution in [3.8, 4) is 11.5 Å². The van der Waals surface area contributed by atoms with Crippen LogP contribution in [0.4, 0.5) is 0 Å². The van der Waals surface area contributed by atoms with Crippen molar-refractivity contribution in [3.63, 3.8) is 0 Å². The maximum Gasteiger partial charge on any atom is 0.297 e. The zero-order valence-corrected chi connectivity index (χ0v) is 17.3. The van der Waals surface area contributed by atoms with Gasteiger partial charge in [-0.2, -0.15) is 8.42 Å². The normalized spacial score (nSPS) is 22.7. The van der Waals surface area contributed by atoms with Crippen LogP contribution in [0, 0.1) is 0 Å². The van der Waals surface area contributed by atoms with Gasteiger partial charge in [-0.25, -0.2) is 0 Å². The molecule has 29 heavy (non-hydrogen) atoms. The first-order chi connectivity index (χ1) is 15.5. The first kappa shape index (κ1) is 16.7. The van der Waals surface area contributed by atoms with E-state index in [1.807, 2.05) is 0 Å². The van der Waals surface area contributed by atoms with E-state index in [2.05, 4.69) is 0 Å². The summed E-state index contributed by atoms with van der Waals surface area (Å²) >= 11 is 0. The van der Waals surface area contributed by atoms with E-state index >= 15 is 0 Å². The minimum atomic E-state index is -4.08. The number of ether oxygens (including phenoxy) is 3. The molecular weight excluding hydrogens is 392 g/mol. The maximum absolute atomic E-state index is 12.7. The minimum absolute atomic E-state index is 0.00186. The monoisotopic (exact) mass is 424 g/mol. The molecule has 0 radical (unpaired) electrons. The van der Waals surface area contributed by atoms with Gasteiger partial charge in [-0.05, 0) is 49.0 Å². The van der Waals surface area contributed by atoms with Crippen LogP contribution in [0.5, 0.6) is 11.5 Å². The number of hydrogen-bond donors (Lipinski definition) is 0. The van der Waals surface area contributed by atoms with Gasteiger partial charge in [0.25, 0.3) is 10.1 Å². The highest BCUT2D eigenvalue weighted by Gasteiger charge is 2.31. The SMILES string of the molecule is [2H]C([2H])(O[C@@H]1CCCC[C@@H]1OS(=O)(=O)c1ccccc1)C([2H])([2H])c1ccc(OC)c(OC)c1. The van der Waals surface area contributed by atoms with Gasteiger partial charge in [0.05, 0.1) is 34.5 Å². The molecule has 0 aromatic heterocycles. The Morgan fingerprint density at radius 1 is 0.966 bits per heavy atom. The Morgan fingerprint density at radius 3 is 2.34 bits per heavy atom. The van der Waals surface area contributed by atoms with Crippen LogP contribution < -0.4 is 9.47 Å². The topological polar surface area (TPSA) is 71.1 Å². The Balaban J connectivity index is 1.83. The first-order valence-corrected chi connectivity index (χ1v) is 10.8. The lowest BCUT2D eigenvalue weighted by atomic mass is 9.95. The summed E-state index contributed by atoms with van der Waals surface area (Å²) in [5.41, 5.74) is -0.00432. The predicted octanol–water partition coefficient (Wildman–Crippen LogP) is 3.98. The molecule has 6 nitrogen and oxygen atoms in total. The van der Waals surface area contributed by atoms with Crippen molar-refractivity contribution in [1.82, 2.24) is 0 Å². The fraction of sp³-hybridized carbons (Fsp3) is 0.455. The third-order valence-corrected chi connectivity index (χ3v) is 6.06. The van der Waals surface area contributed by atoms with E-state index in [9.17, 15) is 8.42 Å². The fourth-order valence-electron chi connectivity index (χ4n) is 3.19. The lowest BCUT2D eigenvalue weighted by Gasteiger charge is -2.30. The van der Waals surface area contributed by atoms with Crippen LogP contribution in [0.25, 0.3) is 0 Å². The van der Waals surface area contributed by atoms with Crippen LogP contribution in [0.15, 0.2) is 53.4 Å². The van der Waals surface area contributed by atoms with Crippen molar-refractivity contribution in [1.29, 1.82) is 0 Å². The summed E-state index contributed by atoms with van der Waals surface area (Å²) in [6.07, 6.45) is -2.37. The van der Waals surface area contributed by atoms with Gasteiger partial charge in [-0.1, -0.05) is 37.1 Å². The van der Waals surface area contributed by atoms with Gasteiger partial charge in [-0.15, -0.1) is 0 Å². The predicted molar refractivity (Wildman–Crippen MR) is 110 cm³/mol. The molecule has 0 N–H and O–H groups in total. The van der Waals surface area contributed by atoms with Crippen molar-refractivity contribution in [2.24, 2.45) is 0 Å². The molecule has 0 saturated heterocycles. The second-order valence-corrected chi connectivity index (χ2v) is 8.21. The zero-order chi connectivity index (χ0) is 24.3.